The molecule has 216 valence electrons. The number of nitrogens with one attached hydrogen (secondary N) is 2. The molecule has 2 aromatic carbocycles. The van der Waals surface area contributed by atoms with E-state index in [0.29, 0.717) is 29.2 Å². The van der Waals surface area contributed by atoms with Gasteiger partial charge in [0.15, 0.2) is 5.65 Å². The summed E-state index contributed by atoms with van der Waals surface area (Å²) in [5.41, 5.74) is 5.95. The third-order valence-corrected chi connectivity index (χ3v) is 8.92. The molecule has 3 N–H and O–H groups in total. The molecular formula is C32H39ClN6O2. The van der Waals surface area contributed by atoms with Gasteiger partial charge in [0.2, 0.25) is 0 Å². The van der Waals surface area contributed by atoms with Crippen LogP contribution in [-0.4, -0.2) is 70.9 Å². The minimum Gasteiger partial charge on any atom is -0.497 e. The predicted octanol–water partition coefficient (Wildman–Crippen LogP) is 5.96. The van der Waals surface area contributed by atoms with Crippen LogP contribution in [0.5, 0.6) is 5.75 Å². The first-order valence-corrected chi connectivity index (χ1v) is 15.1. The fourth-order valence-corrected chi connectivity index (χ4v) is 6.33. The number of benzene rings is 2. The second kappa shape index (κ2) is 12.7. The maximum Gasteiger partial charge on any atom is 0.180 e. The molecule has 4 heterocycles. The van der Waals surface area contributed by atoms with Crippen LogP contribution in [0.3, 0.4) is 0 Å². The van der Waals surface area contributed by atoms with Crippen LogP contribution < -0.4 is 15.0 Å². The quantitative estimate of drug-likeness (QED) is 0.227. The number of ether oxygens (including phenoxy) is 1. The van der Waals surface area contributed by atoms with Crippen LogP contribution in [0.2, 0.25) is 5.02 Å². The zero-order valence-corrected chi connectivity index (χ0v) is 24.4. The van der Waals surface area contributed by atoms with Gasteiger partial charge in [-0.3, -0.25) is 4.90 Å². The maximum atomic E-state index is 9.23. The lowest BCUT2D eigenvalue weighted by atomic mass is 9.93. The number of H-pyrrole nitrogens is 1. The number of likely N-dealkylation sites (tertiary alicyclic amines) is 1. The molecule has 41 heavy (non-hydrogen) atoms. The van der Waals surface area contributed by atoms with Crippen LogP contribution in [0.4, 0.5) is 11.4 Å². The number of fused-ring (bicyclic) bond motifs is 1. The molecule has 0 saturated carbocycles. The highest BCUT2D eigenvalue weighted by molar-refractivity contribution is 6.34. The monoisotopic (exact) mass is 574 g/mol. The number of rotatable bonds is 9. The van der Waals surface area contributed by atoms with Gasteiger partial charge in [-0.2, -0.15) is 0 Å². The highest BCUT2D eigenvalue weighted by atomic mass is 35.5. The smallest absolute Gasteiger partial charge is 0.180 e. The van der Waals surface area contributed by atoms with Crippen molar-refractivity contribution in [2.24, 2.45) is 5.92 Å². The van der Waals surface area contributed by atoms with Crippen LogP contribution in [0, 0.1) is 5.92 Å². The SMILES string of the molecule is COc1ccc(CN2CCC(Nc3c(Cl)cnc4nc(-c5ccc(N6CCC(CCO)CC6)cc5)[nH]c34)CC2)cc1. The minimum absolute atomic E-state index is 0.290. The summed E-state index contributed by atoms with van der Waals surface area (Å²) in [6.45, 7) is 5.35. The van der Waals surface area contributed by atoms with Gasteiger partial charge < -0.3 is 25.0 Å². The van der Waals surface area contributed by atoms with Crippen molar-refractivity contribution in [3.63, 3.8) is 0 Å². The third kappa shape index (κ3) is 6.45. The first-order valence-electron chi connectivity index (χ1n) is 14.7. The number of aliphatic hydroxyl groups is 1. The number of piperidine rings is 2. The largest absolute Gasteiger partial charge is 0.497 e. The van der Waals surface area contributed by atoms with E-state index in [2.05, 4.69) is 61.5 Å². The van der Waals surface area contributed by atoms with Gasteiger partial charge in [0.25, 0.3) is 0 Å². The van der Waals surface area contributed by atoms with Crippen LogP contribution >= 0.6 is 11.6 Å². The molecule has 0 spiro atoms. The van der Waals surface area contributed by atoms with Gasteiger partial charge in [-0.25, -0.2) is 9.97 Å². The van der Waals surface area contributed by atoms with E-state index in [1.807, 2.05) is 12.1 Å². The van der Waals surface area contributed by atoms with Crippen molar-refractivity contribution in [3.05, 3.63) is 65.3 Å². The summed E-state index contributed by atoms with van der Waals surface area (Å²) in [6, 6.07) is 17.3. The fraction of sp³-hybridized carbons (Fsp3) is 0.438. The van der Waals surface area contributed by atoms with Crippen molar-refractivity contribution in [1.29, 1.82) is 0 Å². The Bertz CT molecular complexity index is 1430. The number of hydrogen-bond donors (Lipinski definition) is 3. The lowest BCUT2D eigenvalue weighted by Crippen LogP contribution is -2.38. The molecule has 0 amide bonds. The van der Waals surface area contributed by atoms with Crippen molar-refractivity contribution in [2.75, 3.05) is 50.1 Å². The van der Waals surface area contributed by atoms with Crippen molar-refractivity contribution in [3.8, 4) is 17.1 Å². The van der Waals surface area contributed by atoms with Crippen LogP contribution in [-0.2, 0) is 6.54 Å². The van der Waals surface area contributed by atoms with Gasteiger partial charge in [0.1, 0.15) is 17.1 Å². The van der Waals surface area contributed by atoms with Gasteiger partial charge in [-0.05, 0) is 80.0 Å². The molecular weight excluding hydrogens is 536 g/mol. The second-order valence-electron chi connectivity index (χ2n) is 11.3. The zero-order chi connectivity index (χ0) is 28.2. The summed E-state index contributed by atoms with van der Waals surface area (Å²) in [5.74, 6) is 2.32. The number of aromatic nitrogens is 3. The lowest BCUT2D eigenvalue weighted by molar-refractivity contribution is 0.211. The van der Waals surface area contributed by atoms with Crippen molar-refractivity contribution >= 4 is 34.1 Å². The molecule has 4 aromatic rings. The number of aliphatic hydroxyl groups excluding tert-OH is 1. The Morgan fingerprint density at radius 2 is 1.73 bits per heavy atom. The molecule has 0 unspecified atom stereocenters. The topological polar surface area (TPSA) is 89.5 Å². The normalized spacial score (nSPS) is 17.3. The highest BCUT2D eigenvalue weighted by Gasteiger charge is 2.23. The predicted molar refractivity (Wildman–Crippen MR) is 166 cm³/mol. The van der Waals surface area contributed by atoms with Crippen molar-refractivity contribution < 1.29 is 9.84 Å². The Morgan fingerprint density at radius 1 is 1.00 bits per heavy atom. The first-order chi connectivity index (χ1) is 20.1. The van der Waals surface area contributed by atoms with E-state index < -0.39 is 0 Å². The van der Waals surface area contributed by atoms with Gasteiger partial charge in [-0.15, -0.1) is 0 Å². The lowest BCUT2D eigenvalue weighted by Gasteiger charge is -2.33. The number of anilines is 2. The molecule has 6 rings (SSSR count). The molecule has 2 aromatic heterocycles. The number of halogens is 1. The number of pyridine rings is 1. The van der Waals surface area contributed by atoms with Gasteiger partial charge in [0, 0.05) is 56.6 Å². The molecule has 0 atom stereocenters. The summed E-state index contributed by atoms with van der Waals surface area (Å²) in [7, 11) is 1.70. The molecule has 2 aliphatic rings. The first kappa shape index (κ1) is 27.8. The molecule has 8 nitrogen and oxygen atoms in total. The number of methoxy groups -OCH3 is 1. The van der Waals surface area contributed by atoms with Crippen LogP contribution in [0.25, 0.3) is 22.6 Å². The molecule has 2 aliphatic heterocycles. The summed E-state index contributed by atoms with van der Waals surface area (Å²) >= 11 is 6.66. The fourth-order valence-electron chi connectivity index (χ4n) is 6.13. The van der Waals surface area contributed by atoms with Crippen LogP contribution in [0.1, 0.15) is 37.7 Å². The maximum absolute atomic E-state index is 9.23. The molecule has 9 heteroatoms. The second-order valence-corrected chi connectivity index (χ2v) is 11.7. The van der Waals surface area contributed by atoms with E-state index in [-0.39, 0.29) is 0 Å². The van der Waals surface area contributed by atoms with Gasteiger partial charge >= 0.3 is 0 Å². The van der Waals surface area contributed by atoms with Gasteiger partial charge in [0.05, 0.1) is 24.0 Å². The van der Waals surface area contributed by atoms with Gasteiger partial charge in [-0.1, -0.05) is 23.7 Å². The van der Waals surface area contributed by atoms with E-state index >= 15 is 0 Å². The molecule has 0 radical (unpaired) electrons. The third-order valence-electron chi connectivity index (χ3n) is 8.63. The van der Waals surface area contributed by atoms with E-state index in [0.717, 1.165) is 93.2 Å². The average Bonchev–Trinajstić information content (AvgIpc) is 3.45. The highest BCUT2D eigenvalue weighted by Crippen LogP contribution is 2.33. The Hall–Kier alpha value is -3.33. The van der Waals surface area contributed by atoms with E-state index in [4.69, 9.17) is 21.3 Å². The van der Waals surface area contributed by atoms with E-state index in [1.165, 1.54) is 11.3 Å². The van der Waals surface area contributed by atoms with E-state index in [1.54, 1.807) is 13.3 Å². The zero-order valence-electron chi connectivity index (χ0n) is 23.7. The Labute approximate surface area is 246 Å². The molecule has 2 fully saturated rings. The number of imidazole rings is 1. The molecule has 2 saturated heterocycles. The summed E-state index contributed by atoms with van der Waals surface area (Å²) in [5, 5.41) is 13.5. The number of hydrogen-bond acceptors (Lipinski definition) is 7. The number of nitrogens with zero attached hydrogens (tertiary/aromatic N) is 4. The molecule has 0 bridgehead atoms. The van der Waals surface area contributed by atoms with Crippen molar-refractivity contribution in [2.45, 2.75) is 44.7 Å². The number of aromatic amines is 1. The summed E-state index contributed by atoms with van der Waals surface area (Å²) in [6.07, 6.45) is 6.95. The van der Waals surface area contributed by atoms with E-state index in [9.17, 15) is 5.11 Å². The summed E-state index contributed by atoms with van der Waals surface area (Å²) in [4.78, 5) is 17.7. The van der Waals surface area contributed by atoms with Crippen LogP contribution in [0.15, 0.2) is 54.7 Å². The minimum atomic E-state index is 0.290. The Morgan fingerprint density at radius 3 is 2.41 bits per heavy atom. The Kier molecular flexibility index (Phi) is 8.60. The van der Waals surface area contributed by atoms with Crippen molar-refractivity contribution in [1.82, 2.24) is 19.9 Å². The average molecular weight is 575 g/mol. The summed E-state index contributed by atoms with van der Waals surface area (Å²) < 4.78 is 5.28. The standard InChI is InChI=1S/C32H39ClN6O2/c1-41-27-8-2-23(3-9-27)21-38-15-12-25(13-16-38)35-29-28(33)20-34-32-30(29)36-31(37-32)24-4-6-26(7-5-24)39-17-10-22(11-18-39)14-19-40/h2-9,20,22,25,40H,10-19,21H2,1H3,(H2,34,35,36,37). The Balaban J connectivity index is 1.10. The molecule has 0 aliphatic carbocycles.